The summed E-state index contributed by atoms with van der Waals surface area (Å²) in [6.45, 7) is 1.89. The van der Waals surface area contributed by atoms with E-state index in [1.165, 1.54) is 6.07 Å². The smallest absolute Gasteiger partial charge is 0.126 e. The first kappa shape index (κ1) is 11.4. The average Bonchev–Trinajstić information content (AvgIpc) is 2.10. The number of rotatable bonds is 4. The molecule has 0 nitrogen and oxygen atoms in total. The van der Waals surface area contributed by atoms with Crippen molar-refractivity contribution in [3.05, 3.63) is 35.4 Å². The minimum Gasteiger partial charge on any atom is -0.207 e. The van der Waals surface area contributed by atoms with Crippen LogP contribution in [0.5, 0.6) is 0 Å². The SMILES string of the molecule is CC(Cl)CCCc1cc(F)ccc1F. The molecular weight excluding hydrogens is 206 g/mol. The van der Waals surface area contributed by atoms with Crippen LogP contribution in [-0.2, 0) is 6.42 Å². The van der Waals surface area contributed by atoms with Gasteiger partial charge >= 0.3 is 0 Å². The second-order valence-corrected chi connectivity index (χ2v) is 4.15. The minimum absolute atomic E-state index is 0.0895. The molecule has 0 aromatic heterocycles. The molecule has 0 fully saturated rings. The molecule has 0 aliphatic carbocycles. The van der Waals surface area contributed by atoms with Crippen LogP contribution in [0.4, 0.5) is 8.78 Å². The summed E-state index contributed by atoms with van der Waals surface area (Å²) < 4.78 is 25.8. The molecule has 3 heteroatoms. The maximum Gasteiger partial charge on any atom is 0.126 e. The third kappa shape index (κ3) is 3.62. The maximum atomic E-state index is 13.1. The molecular formula is C11H13ClF2. The number of hydrogen-bond donors (Lipinski definition) is 0. The van der Waals surface area contributed by atoms with Gasteiger partial charge in [-0.15, -0.1) is 11.6 Å². The fourth-order valence-electron chi connectivity index (χ4n) is 1.31. The summed E-state index contributed by atoms with van der Waals surface area (Å²) in [7, 11) is 0. The van der Waals surface area contributed by atoms with Crippen molar-refractivity contribution in [3.63, 3.8) is 0 Å². The van der Waals surface area contributed by atoms with Gasteiger partial charge in [-0.05, 0) is 49.9 Å². The molecule has 0 spiro atoms. The van der Waals surface area contributed by atoms with Crippen LogP contribution in [-0.4, -0.2) is 5.38 Å². The van der Waals surface area contributed by atoms with Gasteiger partial charge in [0, 0.05) is 5.38 Å². The molecule has 0 bridgehead atoms. The van der Waals surface area contributed by atoms with E-state index in [4.69, 9.17) is 11.6 Å². The Balaban J connectivity index is 2.53. The van der Waals surface area contributed by atoms with Crippen molar-refractivity contribution in [2.45, 2.75) is 31.6 Å². The monoisotopic (exact) mass is 218 g/mol. The average molecular weight is 219 g/mol. The minimum atomic E-state index is -0.389. The summed E-state index contributed by atoms with van der Waals surface area (Å²) in [5.74, 6) is -0.728. The van der Waals surface area contributed by atoms with Crippen LogP contribution in [0, 0.1) is 11.6 Å². The molecule has 1 aromatic carbocycles. The summed E-state index contributed by atoms with van der Waals surface area (Å²) in [4.78, 5) is 0. The molecule has 1 rings (SSSR count). The quantitative estimate of drug-likeness (QED) is 0.672. The Labute approximate surface area is 87.9 Å². The molecule has 0 heterocycles. The second-order valence-electron chi connectivity index (χ2n) is 3.41. The predicted octanol–water partition coefficient (Wildman–Crippen LogP) is 3.91. The summed E-state index contributed by atoms with van der Waals surface area (Å²) in [6.07, 6.45) is 2.14. The topological polar surface area (TPSA) is 0 Å². The van der Waals surface area contributed by atoms with Crippen LogP contribution in [0.3, 0.4) is 0 Å². The Bertz CT molecular complexity index is 297. The van der Waals surface area contributed by atoms with Gasteiger partial charge < -0.3 is 0 Å². The Morgan fingerprint density at radius 1 is 1.36 bits per heavy atom. The molecule has 1 atom stereocenters. The van der Waals surface area contributed by atoms with Crippen molar-refractivity contribution in [3.8, 4) is 0 Å². The fraction of sp³-hybridized carbons (Fsp3) is 0.455. The molecule has 0 saturated carbocycles. The van der Waals surface area contributed by atoms with E-state index in [0.717, 1.165) is 25.0 Å². The lowest BCUT2D eigenvalue weighted by Gasteiger charge is -2.04. The second kappa shape index (κ2) is 5.30. The third-order valence-electron chi connectivity index (χ3n) is 2.06. The van der Waals surface area contributed by atoms with Crippen molar-refractivity contribution in [1.29, 1.82) is 0 Å². The lowest BCUT2D eigenvalue weighted by Crippen LogP contribution is -1.96. The highest BCUT2D eigenvalue weighted by Gasteiger charge is 2.04. The van der Waals surface area contributed by atoms with Crippen LogP contribution >= 0.6 is 11.6 Å². The van der Waals surface area contributed by atoms with Gasteiger partial charge in [0.1, 0.15) is 11.6 Å². The van der Waals surface area contributed by atoms with Crippen molar-refractivity contribution in [2.24, 2.45) is 0 Å². The van der Waals surface area contributed by atoms with Crippen LogP contribution in [0.1, 0.15) is 25.3 Å². The molecule has 1 aromatic rings. The summed E-state index contributed by atoms with van der Waals surface area (Å²) in [5, 5.41) is 0.0895. The van der Waals surface area contributed by atoms with Crippen LogP contribution < -0.4 is 0 Å². The molecule has 0 radical (unpaired) electrons. The van der Waals surface area contributed by atoms with Gasteiger partial charge in [0.15, 0.2) is 0 Å². The first-order valence-electron chi connectivity index (χ1n) is 4.67. The molecule has 0 saturated heterocycles. The predicted molar refractivity (Wildman–Crippen MR) is 54.6 cm³/mol. The summed E-state index contributed by atoms with van der Waals surface area (Å²) >= 11 is 5.75. The number of aryl methyl sites for hydroxylation is 1. The van der Waals surface area contributed by atoms with Gasteiger partial charge in [0.2, 0.25) is 0 Å². The highest BCUT2D eigenvalue weighted by atomic mass is 35.5. The van der Waals surface area contributed by atoms with E-state index in [0.29, 0.717) is 12.0 Å². The molecule has 78 valence electrons. The first-order chi connectivity index (χ1) is 6.59. The molecule has 0 N–H and O–H groups in total. The molecule has 0 aliphatic rings. The fourth-order valence-corrected chi connectivity index (χ4v) is 1.46. The third-order valence-corrected chi connectivity index (χ3v) is 2.27. The van der Waals surface area contributed by atoms with Crippen LogP contribution in [0.2, 0.25) is 0 Å². The van der Waals surface area contributed by atoms with Gasteiger partial charge in [-0.2, -0.15) is 0 Å². The van der Waals surface area contributed by atoms with E-state index in [1.54, 1.807) is 0 Å². The standard InChI is InChI=1S/C11H13ClF2/c1-8(12)3-2-4-9-7-10(13)5-6-11(9)14/h5-8H,2-4H2,1H3. The maximum absolute atomic E-state index is 13.1. The number of halogens is 3. The molecule has 0 amide bonds. The Morgan fingerprint density at radius 2 is 2.07 bits per heavy atom. The van der Waals surface area contributed by atoms with Crippen LogP contribution in [0.15, 0.2) is 18.2 Å². The highest BCUT2D eigenvalue weighted by molar-refractivity contribution is 6.20. The van der Waals surface area contributed by atoms with E-state index in [-0.39, 0.29) is 17.0 Å². The zero-order valence-corrected chi connectivity index (χ0v) is 8.82. The lowest BCUT2D eigenvalue weighted by atomic mass is 10.1. The first-order valence-corrected chi connectivity index (χ1v) is 5.11. The molecule has 1 unspecified atom stereocenters. The van der Waals surface area contributed by atoms with Crippen molar-refractivity contribution in [2.75, 3.05) is 0 Å². The van der Waals surface area contributed by atoms with Gasteiger partial charge in [0.25, 0.3) is 0 Å². The Morgan fingerprint density at radius 3 is 2.71 bits per heavy atom. The van der Waals surface area contributed by atoms with Gasteiger partial charge in [-0.25, -0.2) is 8.78 Å². The number of benzene rings is 1. The van der Waals surface area contributed by atoms with Gasteiger partial charge in [-0.3, -0.25) is 0 Å². The summed E-state index contributed by atoms with van der Waals surface area (Å²) in [6, 6.07) is 3.53. The van der Waals surface area contributed by atoms with Gasteiger partial charge in [-0.1, -0.05) is 0 Å². The van der Waals surface area contributed by atoms with E-state index in [9.17, 15) is 8.78 Å². The van der Waals surface area contributed by atoms with Gasteiger partial charge in [0.05, 0.1) is 0 Å². The van der Waals surface area contributed by atoms with Crippen molar-refractivity contribution < 1.29 is 8.78 Å². The lowest BCUT2D eigenvalue weighted by molar-refractivity contribution is 0.577. The molecule has 14 heavy (non-hydrogen) atoms. The zero-order chi connectivity index (χ0) is 10.6. The van der Waals surface area contributed by atoms with E-state index in [2.05, 4.69) is 0 Å². The number of hydrogen-bond acceptors (Lipinski definition) is 0. The Hall–Kier alpha value is -0.630. The zero-order valence-electron chi connectivity index (χ0n) is 8.06. The summed E-state index contributed by atoms with van der Waals surface area (Å²) in [5.41, 5.74) is 0.433. The van der Waals surface area contributed by atoms with E-state index < -0.39 is 0 Å². The van der Waals surface area contributed by atoms with Crippen molar-refractivity contribution >= 4 is 11.6 Å². The van der Waals surface area contributed by atoms with Crippen molar-refractivity contribution in [1.82, 2.24) is 0 Å². The molecule has 0 aliphatic heterocycles. The largest absolute Gasteiger partial charge is 0.207 e. The van der Waals surface area contributed by atoms with E-state index >= 15 is 0 Å². The van der Waals surface area contributed by atoms with E-state index in [1.807, 2.05) is 6.92 Å². The normalized spacial score (nSPS) is 12.9. The Kier molecular flexibility index (Phi) is 4.33. The highest BCUT2D eigenvalue weighted by Crippen LogP contribution is 2.14. The van der Waals surface area contributed by atoms with Crippen LogP contribution in [0.25, 0.3) is 0 Å². The number of alkyl halides is 1.